The molecule has 0 radical (unpaired) electrons. The van der Waals surface area contributed by atoms with Gasteiger partial charge in [0.25, 0.3) is 0 Å². The van der Waals surface area contributed by atoms with E-state index >= 15 is 0 Å². The molecular weight excluding hydrogens is 228 g/mol. The molecule has 0 unspecified atom stereocenters. The number of pyridine rings is 1. The normalized spacial score (nSPS) is 11.1. The first kappa shape index (κ1) is 14.5. The van der Waals surface area contributed by atoms with Crippen LogP contribution in [0.4, 0.5) is 0 Å². The lowest BCUT2D eigenvalue weighted by Gasteiger charge is -2.05. The maximum absolute atomic E-state index is 4.48. The highest BCUT2D eigenvalue weighted by molar-refractivity contribution is 7.99. The zero-order valence-corrected chi connectivity index (χ0v) is 12.0. The molecule has 1 aromatic heterocycles. The zero-order valence-electron chi connectivity index (χ0n) is 11.2. The number of nitrogens with one attached hydrogen (secondary N) is 1. The first-order valence-corrected chi connectivity index (χ1v) is 7.49. The van der Waals surface area contributed by atoms with Crippen LogP contribution >= 0.6 is 11.8 Å². The highest BCUT2D eigenvalue weighted by Gasteiger charge is 1.99. The molecule has 0 bridgehead atoms. The van der Waals surface area contributed by atoms with Crippen LogP contribution in [0, 0.1) is 5.92 Å². The Hall–Kier alpha value is -0.540. The van der Waals surface area contributed by atoms with E-state index in [1.165, 1.54) is 18.4 Å². The van der Waals surface area contributed by atoms with Crippen LogP contribution in [0.2, 0.25) is 0 Å². The SMILES string of the molecule is CCCNCc1ccc(SCCC(C)C)nc1. The maximum Gasteiger partial charge on any atom is 0.0960 e. The molecule has 0 aliphatic carbocycles. The summed E-state index contributed by atoms with van der Waals surface area (Å²) in [6.07, 6.45) is 4.42. The van der Waals surface area contributed by atoms with Crippen LogP contribution in [0.15, 0.2) is 23.4 Å². The fourth-order valence-electron chi connectivity index (χ4n) is 1.41. The molecule has 0 aliphatic heterocycles. The first-order valence-electron chi connectivity index (χ1n) is 6.50. The predicted octanol–water partition coefficient (Wildman–Crippen LogP) is 3.72. The molecule has 0 saturated heterocycles. The lowest BCUT2D eigenvalue weighted by molar-refractivity contribution is 0.632. The molecule has 0 fully saturated rings. The Bertz CT molecular complexity index is 296. The summed E-state index contributed by atoms with van der Waals surface area (Å²) in [6, 6.07) is 4.31. The Labute approximate surface area is 110 Å². The highest BCUT2D eigenvalue weighted by Crippen LogP contribution is 2.18. The highest BCUT2D eigenvalue weighted by atomic mass is 32.2. The van der Waals surface area contributed by atoms with Crippen molar-refractivity contribution < 1.29 is 0 Å². The Balaban J connectivity index is 2.29. The summed E-state index contributed by atoms with van der Waals surface area (Å²) < 4.78 is 0. The molecule has 3 heteroatoms. The van der Waals surface area contributed by atoms with Crippen LogP contribution in [0.3, 0.4) is 0 Å². The number of thioether (sulfide) groups is 1. The largest absolute Gasteiger partial charge is 0.313 e. The minimum absolute atomic E-state index is 0.778. The quantitative estimate of drug-likeness (QED) is 0.564. The van der Waals surface area contributed by atoms with Crippen molar-refractivity contribution in [3.05, 3.63) is 23.9 Å². The average molecular weight is 252 g/mol. The zero-order chi connectivity index (χ0) is 12.5. The van der Waals surface area contributed by atoms with E-state index in [0.29, 0.717) is 0 Å². The van der Waals surface area contributed by atoms with Crippen molar-refractivity contribution in [2.24, 2.45) is 5.92 Å². The molecule has 1 N–H and O–H groups in total. The second kappa shape index (κ2) is 8.54. The van der Waals surface area contributed by atoms with Crippen LogP contribution in [0.5, 0.6) is 0 Å². The third-order valence-electron chi connectivity index (χ3n) is 2.50. The minimum Gasteiger partial charge on any atom is -0.313 e. The van der Waals surface area contributed by atoms with E-state index in [4.69, 9.17) is 0 Å². The second-order valence-corrected chi connectivity index (χ2v) is 5.83. The van der Waals surface area contributed by atoms with Crippen molar-refractivity contribution in [3.63, 3.8) is 0 Å². The summed E-state index contributed by atoms with van der Waals surface area (Å²) in [5.41, 5.74) is 1.27. The predicted molar refractivity (Wildman–Crippen MR) is 76.4 cm³/mol. The van der Waals surface area contributed by atoms with Gasteiger partial charge in [-0.15, -0.1) is 11.8 Å². The Morgan fingerprint density at radius 1 is 1.35 bits per heavy atom. The molecule has 1 aromatic rings. The number of rotatable bonds is 8. The Morgan fingerprint density at radius 3 is 2.76 bits per heavy atom. The van der Waals surface area contributed by atoms with Gasteiger partial charge in [0.2, 0.25) is 0 Å². The molecule has 0 atom stereocenters. The summed E-state index contributed by atoms with van der Waals surface area (Å²) in [5, 5.41) is 4.53. The molecule has 96 valence electrons. The molecule has 1 rings (SSSR count). The third-order valence-corrected chi connectivity index (χ3v) is 3.48. The monoisotopic (exact) mass is 252 g/mol. The fourth-order valence-corrected chi connectivity index (χ4v) is 2.50. The van der Waals surface area contributed by atoms with E-state index in [1.807, 2.05) is 18.0 Å². The van der Waals surface area contributed by atoms with Gasteiger partial charge in [0.15, 0.2) is 0 Å². The van der Waals surface area contributed by atoms with Crippen molar-refractivity contribution in [3.8, 4) is 0 Å². The number of nitrogens with zero attached hydrogens (tertiary/aromatic N) is 1. The lowest BCUT2D eigenvalue weighted by atomic mass is 10.2. The van der Waals surface area contributed by atoms with Gasteiger partial charge in [0.1, 0.15) is 0 Å². The van der Waals surface area contributed by atoms with Crippen molar-refractivity contribution in [1.82, 2.24) is 10.3 Å². The second-order valence-electron chi connectivity index (χ2n) is 4.71. The Morgan fingerprint density at radius 2 is 2.18 bits per heavy atom. The molecule has 1 heterocycles. The molecule has 2 nitrogen and oxygen atoms in total. The van der Waals surface area contributed by atoms with Gasteiger partial charge < -0.3 is 5.32 Å². The first-order chi connectivity index (χ1) is 8.22. The average Bonchev–Trinajstić information content (AvgIpc) is 2.31. The van der Waals surface area contributed by atoms with Crippen molar-refractivity contribution >= 4 is 11.8 Å². The minimum atomic E-state index is 0.778. The molecule has 0 aromatic carbocycles. The number of hydrogen-bond acceptors (Lipinski definition) is 3. The molecule has 17 heavy (non-hydrogen) atoms. The maximum atomic E-state index is 4.48. The Kier molecular flexibility index (Phi) is 7.29. The van der Waals surface area contributed by atoms with E-state index in [2.05, 4.69) is 43.2 Å². The van der Waals surface area contributed by atoms with E-state index in [-0.39, 0.29) is 0 Å². The van der Waals surface area contributed by atoms with Gasteiger partial charge in [-0.2, -0.15) is 0 Å². The van der Waals surface area contributed by atoms with Gasteiger partial charge >= 0.3 is 0 Å². The van der Waals surface area contributed by atoms with Crippen LogP contribution < -0.4 is 5.32 Å². The molecule has 0 aliphatic rings. The van der Waals surface area contributed by atoms with Crippen molar-refractivity contribution in [2.75, 3.05) is 12.3 Å². The number of hydrogen-bond donors (Lipinski definition) is 1. The van der Waals surface area contributed by atoms with Crippen molar-refractivity contribution in [2.45, 2.75) is 45.2 Å². The fraction of sp³-hybridized carbons (Fsp3) is 0.643. The van der Waals surface area contributed by atoms with Crippen LogP contribution in [-0.2, 0) is 6.54 Å². The summed E-state index contributed by atoms with van der Waals surface area (Å²) in [4.78, 5) is 4.48. The lowest BCUT2D eigenvalue weighted by Crippen LogP contribution is -2.13. The van der Waals surface area contributed by atoms with Gasteiger partial charge in [-0.25, -0.2) is 4.98 Å². The van der Waals surface area contributed by atoms with Crippen LogP contribution in [0.25, 0.3) is 0 Å². The van der Waals surface area contributed by atoms with E-state index < -0.39 is 0 Å². The van der Waals surface area contributed by atoms with E-state index in [0.717, 1.165) is 29.8 Å². The molecule has 0 amide bonds. The van der Waals surface area contributed by atoms with E-state index in [9.17, 15) is 0 Å². The summed E-state index contributed by atoms with van der Waals surface area (Å²) >= 11 is 1.85. The molecule has 0 spiro atoms. The van der Waals surface area contributed by atoms with Gasteiger partial charge in [-0.1, -0.05) is 26.8 Å². The number of aromatic nitrogens is 1. The summed E-state index contributed by atoms with van der Waals surface area (Å²) in [6.45, 7) is 8.70. The smallest absolute Gasteiger partial charge is 0.0960 e. The summed E-state index contributed by atoms with van der Waals surface area (Å²) in [7, 11) is 0. The van der Waals surface area contributed by atoms with Crippen molar-refractivity contribution in [1.29, 1.82) is 0 Å². The van der Waals surface area contributed by atoms with Gasteiger partial charge in [0, 0.05) is 12.7 Å². The van der Waals surface area contributed by atoms with Crippen LogP contribution in [-0.4, -0.2) is 17.3 Å². The molecular formula is C14H24N2S. The standard InChI is InChI=1S/C14H24N2S/c1-4-8-15-10-13-5-6-14(16-11-13)17-9-7-12(2)3/h5-6,11-12,15H,4,7-10H2,1-3H3. The summed E-state index contributed by atoms with van der Waals surface area (Å²) in [5.74, 6) is 1.94. The van der Waals surface area contributed by atoms with Gasteiger partial charge in [0.05, 0.1) is 5.03 Å². The molecule has 0 saturated carbocycles. The van der Waals surface area contributed by atoms with E-state index in [1.54, 1.807) is 0 Å². The van der Waals surface area contributed by atoms with Gasteiger partial charge in [-0.3, -0.25) is 0 Å². The topological polar surface area (TPSA) is 24.9 Å². The van der Waals surface area contributed by atoms with Crippen LogP contribution in [0.1, 0.15) is 39.2 Å². The third kappa shape index (κ3) is 6.69. The van der Waals surface area contributed by atoms with Gasteiger partial charge in [-0.05, 0) is 42.7 Å².